The van der Waals surface area contributed by atoms with Gasteiger partial charge in [0.05, 0.1) is 11.3 Å². The molecule has 33 heavy (non-hydrogen) atoms. The Balaban J connectivity index is 1.46. The molecule has 7 nitrogen and oxygen atoms in total. The van der Waals surface area contributed by atoms with Crippen LogP contribution in [0.5, 0.6) is 5.75 Å². The summed E-state index contributed by atoms with van der Waals surface area (Å²) in [6, 6.07) is 8.17. The summed E-state index contributed by atoms with van der Waals surface area (Å²) in [5, 5.41) is 2.76. The molecule has 0 unspecified atom stereocenters. The number of ether oxygens (including phenoxy) is 1. The van der Waals surface area contributed by atoms with Crippen molar-refractivity contribution in [2.45, 2.75) is 44.0 Å². The normalized spacial score (nSPS) is 21.2. The van der Waals surface area contributed by atoms with Gasteiger partial charge in [0.2, 0.25) is 5.91 Å². The number of benzene rings is 2. The van der Waals surface area contributed by atoms with Gasteiger partial charge in [0.1, 0.15) is 11.4 Å². The lowest BCUT2D eigenvalue weighted by atomic mass is 9.72. The van der Waals surface area contributed by atoms with E-state index in [4.69, 9.17) is 4.74 Å². The van der Waals surface area contributed by atoms with Crippen LogP contribution in [0.25, 0.3) is 5.57 Å². The second-order valence-corrected chi connectivity index (χ2v) is 9.94. The lowest BCUT2D eigenvalue weighted by Gasteiger charge is -2.46. The van der Waals surface area contributed by atoms with Crippen molar-refractivity contribution in [3.8, 4) is 5.75 Å². The molecule has 0 aromatic heterocycles. The number of amides is 1. The summed E-state index contributed by atoms with van der Waals surface area (Å²) in [6.07, 6.45) is -0.362. The van der Waals surface area contributed by atoms with Crippen LogP contribution in [0.3, 0.4) is 0 Å². The van der Waals surface area contributed by atoms with Crippen LogP contribution in [0, 0.1) is 0 Å². The van der Waals surface area contributed by atoms with E-state index in [2.05, 4.69) is 14.8 Å². The van der Waals surface area contributed by atoms with Crippen LogP contribution in [-0.4, -0.2) is 19.9 Å². The van der Waals surface area contributed by atoms with Crippen molar-refractivity contribution in [3.05, 3.63) is 59.2 Å². The summed E-state index contributed by atoms with van der Waals surface area (Å²) in [4.78, 5) is 12.9. The molecule has 0 atom stereocenters. The van der Waals surface area contributed by atoms with Crippen LogP contribution in [0.4, 0.5) is 24.5 Å². The van der Waals surface area contributed by atoms with E-state index in [0.29, 0.717) is 47.3 Å². The number of rotatable bonds is 2. The fourth-order valence-corrected chi connectivity index (χ4v) is 5.29. The smallest absolute Gasteiger partial charge is 0.416 e. The van der Waals surface area contributed by atoms with Crippen LogP contribution >= 0.6 is 0 Å². The standard InChI is InChI=1S/C22H20F3N3O4S/c23-22(24,25)14-5-6-15-13(11-21(7-2-8-21)32-19(15)10-14)9-20(29)27-17-3-1-4-18-16(17)12-26-33(30,31)28-18/h1,3-6,9-10,26,28H,2,7-8,11-12H2,(H,27,29)/b13-9+. The van der Waals surface area contributed by atoms with Crippen LogP contribution in [0.2, 0.25) is 0 Å². The maximum atomic E-state index is 13.2. The molecule has 2 heterocycles. The Labute approximate surface area is 188 Å². The van der Waals surface area contributed by atoms with Gasteiger partial charge in [-0.3, -0.25) is 9.52 Å². The Hall–Kier alpha value is -3.05. The largest absolute Gasteiger partial charge is 0.486 e. The van der Waals surface area contributed by atoms with Crippen LogP contribution < -0.4 is 19.5 Å². The van der Waals surface area contributed by atoms with E-state index >= 15 is 0 Å². The van der Waals surface area contributed by atoms with E-state index < -0.39 is 33.5 Å². The molecule has 1 fully saturated rings. The topological polar surface area (TPSA) is 96.5 Å². The Morgan fingerprint density at radius 3 is 2.67 bits per heavy atom. The van der Waals surface area contributed by atoms with Gasteiger partial charge in [-0.05, 0) is 49.1 Å². The van der Waals surface area contributed by atoms with Gasteiger partial charge in [-0.2, -0.15) is 26.3 Å². The second-order valence-electron chi connectivity index (χ2n) is 8.44. The first-order chi connectivity index (χ1) is 15.5. The molecule has 2 aliphatic heterocycles. The minimum atomic E-state index is -4.49. The van der Waals surface area contributed by atoms with Crippen molar-refractivity contribution in [2.24, 2.45) is 0 Å². The number of carbonyl (C=O) groups is 1. The van der Waals surface area contributed by atoms with Crippen molar-refractivity contribution in [2.75, 3.05) is 10.0 Å². The van der Waals surface area contributed by atoms with E-state index in [1.165, 1.54) is 12.1 Å². The second kappa shape index (κ2) is 7.49. The number of hydrogen-bond donors (Lipinski definition) is 3. The number of halogens is 3. The third-order valence-electron chi connectivity index (χ3n) is 6.18. The first-order valence-electron chi connectivity index (χ1n) is 10.4. The number of alkyl halides is 3. The quantitative estimate of drug-likeness (QED) is 0.563. The van der Waals surface area contributed by atoms with Crippen LogP contribution in [0.1, 0.15) is 42.4 Å². The summed E-state index contributed by atoms with van der Waals surface area (Å²) in [5.41, 5.74) is 1.05. The molecule has 2 aromatic carbocycles. The molecule has 2 aromatic rings. The Bertz CT molecular complexity index is 1280. The number of anilines is 2. The molecule has 5 rings (SSSR count). The molecule has 1 spiro atoms. The fraction of sp³-hybridized carbons (Fsp3) is 0.318. The Kier molecular flexibility index (Phi) is 4.94. The van der Waals surface area contributed by atoms with Gasteiger partial charge in [0, 0.05) is 35.9 Å². The van der Waals surface area contributed by atoms with Gasteiger partial charge in [-0.15, -0.1) is 0 Å². The first kappa shape index (κ1) is 21.8. The van der Waals surface area contributed by atoms with E-state index in [0.717, 1.165) is 18.6 Å². The third kappa shape index (κ3) is 4.18. The lowest BCUT2D eigenvalue weighted by molar-refractivity contribution is -0.138. The van der Waals surface area contributed by atoms with Crippen molar-refractivity contribution in [3.63, 3.8) is 0 Å². The monoisotopic (exact) mass is 479 g/mol. The van der Waals surface area contributed by atoms with Gasteiger partial charge in [0.25, 0.3) is 10.2 Å². The molecule has 0 radical (unpaired) electrons. The van der Waals surface area contributed by atoms with Gasteiger partial charge < -0.3 is 10.1 Å². The average Bonchev–Trinajstić information content (AvgIpc) is 2.70. The third-order valence-corrected chi connectivity index (χ3v) is 7.19. The molecule has 1 amide bonds. The average molecular weight is 479 g/mol. The predicted molar refractivity (Wildman–Crippen MR) is 116 cm³/mol. The molecule has 0 saturated heterocycles. The van der Waals surface area contributed by atoms with Crippen LogP contribution in [0.15, 0.2) is 42.5 Å². The van der Waals surface area contributed by atoms with Crippen molar-refractivity contribution >= 4 is 33.1 Å². The Morgan fingerprint density at radius 2 is 1.97 bits per heavy atom. The highest BCUT2D eigenvalue weighted by Gasteiger charge is 2.44. The fourth-order valence-electron chi connectivity index (χ4n) is 4.40. The van der Waals surface area contributed by atoms with Gasteiger partial charge in [-0.25, -0.2) is 0 Å². The van der Waals surface area contributed by atoms with Crippen molar-refractivity contribution in [1.29, 1.82) is 0 Å². The SMILES string of the molecule is O=C(/C=C1\CC2(CCC2)Oc2cc(C(F)(F)F)ccc21)Nc1cccc2c1CNS(=O)(=O)N2. The molecule has 1 saturated carbocycles. The zero-order valence-corrected chi connectivity index (χ0v) is 18.1. The Morgan fingerprint density at radius 1 is 1.18 bits per heavy atom. The van der Waals surface area contributed by atoms with E-state index in [1.807, 2.05) is 0 Å². The number of carbonyl (C=O) groups excluding carboxylic acids is 1. The highest BCUT2D eigenvalue weighted by Crippen LogP contribution is 2.50. The number of nitrogens with one attached hydrogen (secondary N) is 3. The maximum absolute atomic E-state index is 13.2. The molecule has 174 valence electrons. The summed E-state index contributed by atoms with van der Waals surface area (Å²) in [7, 11) is -3.64. The predicted octanol–water partition coefficient (Wildman–Crippen LogP) is 4.19. The van der Waals surface area contributed by atoms with Gasteiger partial charge >= 0.3 is 6.18 Å². The molecule has 3 N–H and O–H groups in total. The molecule has 0 bridgehead atoms. The minimum absolute atomic E-state index is 0.0116. The van der Waals surface area contributed by atoms with E-state index in [1.54, 1.807) is 18.2 Å². The van der Waals surface area contributed by atoms with E-state index in [9.17, 15) is 26.4 Å². The zero-order chi connectivity index (χ0) is 23.4. The highest BCUT2D eigenvalue weighted by atomic mass is 32.2. The molecular weight excluding hydrogens is 459 g/mol. The maximum Gasteiger partial charge on any atom is 0.416 e. The molecule has 1 aliphatic carbocycles. The lowest BCUT2D eigenvalue weighted by Crippen LogP contribution is -2.45. The number of hydrogen-bond acceptors (Lipinski definition) is 4. The summed E-state index contributed by atoms with van der Waals surface area (Å²) in [6.45, 7) is 0.0116. The molecular formula is C22H20F3N3O4S. The van der Waals surface area contributed by atoms with Crippen molar-refractivity contribution < 1.29 is 31.1 Å². The first-order valence-corrected chi connectivity index (χ1v) is 11.8. The summed E-state index contributed by atoms with van der Waals surface area (Å²) < 4.78 is 73.7. The molecule has 3 aliphatic rings. The molecule has 11 heteroatoms. The minimum Gasteiger partial charge on any atom is -0.486 e. The summed E-state index contributed by atoms with van der Waals surface area (Å²) in [5.74, 6) is -0.334. The van der Waals surface area contributed by atoms with Crippen LogP contribution in [-0.2, 0) is 27.7 Å². The van der Waals surface area contributed by atoms with E-state index in [-0.39, 0.29) is 12.3 Å². The zero-order valence-electron chi connectivity index (χ0n) is 17.3. The number of fused-ring (bicyclic) bond motifs is 2. The van der Waals surface area contributed by atoms with Crippen molar-refractivity contribution in [1.82, 2.24) is 4.72 Å². The van der Waals surface area contributed by atoms with Gasteiger partial charge in [0.15, 0.2) is 0 Å². The summed E-state index contributed by atoms with van der Waals surface area (Å²) >= 11 is 0. The highest BCUT2D eigenvalue weighted by molar-refractivity contribution is 7.90. The van der Waals surface area contributed by atoms with Gasteiger partial charge in [-0.1, -0.05) is 12.1 Å².